The molecule has 0 amide bonds. The molecule has 2 aliphatic rings. The first kappa shape index (κ1) is 14.9. The molecule has 1 aliphatic heterocycles. The number of rotatable bonds is 2. The van der Waals surface area contributed by atoms with Crippen LogP contribution in [0.4, 0.5) is 8.78 Å². The third-order valence-electron chi connectivity index (χ3n) is 5.11. The van der Waals surface area contributed by atoms with Crippen LogP contribution in [0.15, 0.2) is 18.2 Å². The number of hydrogen-bond acceptors (Lipinski definition) is 2. The molecule has 1 aromatic rings. The third kappa shape index (κ3) is 3.11. The van der Waals surface area contributed by atoms with Gasteiger partial charge in [0.25, 0.3) is 0 Å². The first-order valence-corrected chi connectivity index (χ1v) is 7.89. The highest BCUT2D eigenvalue weighted by Crippen LogP contribution is 2.40. The largest absolute Gasteiger partial charge is 0.390 e. The van der Waals surface area contributed by atoms with Gasteiger partial charge in [0, 0.05) is 17.6 Å². The maximum absolute atomic E-state index is 14.1. The van der Waals surface area contributed by atoms with Gasteiger partial charge in [-0.15, -0.1) is 0 Å². The van der Waals surface area contributed by atoms with Crippen molar-refractivity contribution in [2.75, 3.05) is 6.54 Å². The zero-order valence-corrected chi connectivity index (χ0v) is 12.5. The van der Waals surface area contributed by atoms with Gasteiger partial charge in [-0.2, -0.15) is 0 Å². The molecule has 0 aromatic heterocycles. The highest BCUT2D eigenvalue weighted by molar-refractivity contribution is 5.23. The molecule has 0 bridgehead atoms. The molecule has 1 saturated carbocycles. The van der Waals surface area contributed by atoms with Crippen LogP contribution < -0.4 is 0 Å². The Morgan fingerprint density at radius 3 is 2.62 bits per heavy atom. The van der Waals surface area contributed by atoms with Gasteiger partial charge in [0.2, 0.25) is 0 Å². The summed E-state index contributed by atoms with van der Waals surface area (Å²) in [5.41, 5.74) is -0.0691. The van der Waals surface area contributed by atoms with Crippen molar-refractivity contribution in [2.45, 2.75) is 63.1 Å². The zero-order valence-electron chi connectivity index (χ0n) is 12.5. The van der Waals surface area contributed by atoms with Gasteiger partial charge < -0.3 is 5.11 Å². The van der Waals surface area contributed by atoms with E-state index in [0.717, 1.165) is 45.1 Å². The summed E-state index contributed by atoms with van der Waals surface area (Å²) >= 11 is 0. The summed E-state index contributed by atoms with van der Waals surface area (Å²) in [5, 5.41) is 10.1. The molecule has 1 saturated heterocycles. The molecule has 4 heteroatoms. The second-order valence-electron chi connectivity index (χ2n) is 6.79. The SMILES string of the molecule is CC1(O)CCC(N2CCC[C@@H]2c2cc(F)ccc2F)CC1. The number of likely N-dealkylation sites (tertiary alicyclic amines) is 1. The number of nitrogens with zero attached hydrogens (tertiary/aromatic N) is 1. The molecule has 0 radical (unpaired) electrons. The fraction of sp³-hybridized carbons (Fsp3) is 0.647. The minimum atomic E-state index is -0.560. The maximum atomic E-state index is 14.1. The summed E-state index contributed by atoms with van der Waals surface area (Å²) in [5.74, 6) is -0.680. The van der Waals surface area contributed by atoms with Crippen LogP contribution >= 0.6 is 0 Å². The number of benzene rings is 1. The average Bonchev–Trinajstić information content (AvgIpc) is 2.90. The van der Waals surface area contributed by atoms with Crippen LogP contribution in [0.3, 0.4) is 0 Å². The van der Waals surface area contributed by atoms with Crippen LogP contribution in [0, 0.1) is 11.6 Å². The summed E-state index contributed by atoms with van der Waals surface area (Å²) in [4.78, 5) is 2.33. The molecule has 3 rings (SSSR count). The van der Waals surface area contributed by atoms with Crippen LogP contribution in [-0.4, -0.2) is 28.2 Å². The van der Waals surface area contributed by atoms with Crippen LogP contribution in [0.25, 0.3) is 0 Å². The van der Waals surface area contributed by atoms with Gasteiger partial charge in [-0.3, -0.25) is 4.90 Å². The lowest BCUT2D eigenvalue weighted by atomic mass is 9.82. The molecule has 1 aliphatic carbocycles. The monoisotopic (exact) mass is 295 g/mol. The molecule has 116 valence electrons. The Morgan fingerprint density at radius 2 is 1.90 bits per heavy atom. The fourth-order valence-electron chi connectivity index (χ4n) is 3.89. The predicted molar refractivity (Wildman–Crippen MR) is 77.9 cm³/mol. The van der Waals surface area contributed by atoms with Gasteiger partial charge in [0.05, 0.1) is 5.60 Å². The van der Waals surface area contributed by atoms with E-state index in [-0.39, 0.29) is 17.7 Å². The second kappa shape index (κ2) is 5.65. The first-order chi connectivity index (χ1) is 9.96. The van der Waals surface area contributed by atoms with Crippen LogP contribution in [0.1, 0.15) is 57.1 Å². The second-order valence-corrected chi connectivity index (χ2v) is 6.79. The van der Waals surface area contributed by atoms with E-state index in [0.29, 0.717) is 11.6 Å². The topological polar surface area (TPSA) is 23.5 Å². The molecule has 2 fully saturated rings. The Morgan fingerprint density at radius 1 is 1.19 bits per heavy atom. The quantitative estimate of drug-likeness (QED) is 0.897. The Hall–Kier alpha value is -1.00. The lowest BCUT2D eigenvalue weighted by Crippen LogP contribution is -2.42. The van der Waals surface area contributed by atoms with E-state index in [1.165, 1.54) is 18.2 Å². The minimum Gasteiger partial charge on any atom is -0.390 e. The van der Waals surface area contributed by atoms with E-state index < -0.39 is 5.60 Å². The molecule has 2 nitrogen and oxygen atoms in total. The molecule has 0 spiro atoms. The van der Waals surface area contributed by atoms with E-state index in [1.807, 2.05) is 6.92 Å². The molecule has 1 atom stereocenters. The number of halogens is 2. The summed E-state index contributed by atoms with van der Waals surface area (Å²) in [6.45, 7) is 2.82. The van der Waals surface area contributed by atoms with Crippen LogP contribution in [-0.2, 0) is 0 Å². The Bertz CT molecular complexity index is 508. The number of aliphatic hydroxyl groups is 1. The predicted octanol–water partition coefficient (Wildman–Crippen LogP) is 3.80. The lowest BCUT2D eigenvalue weighted by molar-refractivity contribution is -0.00794. The Labute approximate surface area is 124 Å². The van der Waals surface area contributed by atoms with Crippen LogP contribution in [0.2, 0.25) is 0 Å². The van der Waals surface area contributed by atoms with Gasteiger partial charge in [-0.05, 0) is 70.2 Å². The molecule has 1 N–H and O–H groups in total. The van der Waals surface area contributed by atoms with Gasteiger partial charge in [0.15, 0.2) is 0 Å². The Kier molecular flexibility index (Phi) is 4.02. The minimum absolute atomic E-state index is 0.0197. The normalized spacial score (nSPS) is 34.3. The Balaban J connectivity index is 1.78. The molecule has 21 heavy (non-hydrogen) atoms. The van der Waals surface area contributed by atoms with E-state index in [4.69, 9.17) is 0 Å². The van der Waals surface area contributed by atoms with Gasteiger partial charge in [-0.25, -0.2) is 8.78 Å². The van der Waals surface area contributed by atoms with Crippen molar-refractivity contribution in [3.63, 3.8) is 0 Å². The highest BCUT2D eigenvalue weighted by atomic mass is 19.1. The van der Waals surface area contributed by atoms with Crippen molar-refractivity contribution in [3.05, 3.63) is 35.4 Å². The smallest absolute Gasteiger partial charge is 0.128 e. The van der Waals surface area contributed by atoms with Crippen molar-refractivity contribution in [1.82, 2.24) is 4.90 Å². The summed E-state index contributed by atoms with van der Waals surface area (Å²) in [7, 11) is 0. The third-order valence-corrected chi connectivity index (χ3v) is 5.11. The first-order valence-electron chi connectivity index (χ1n) is 7.89. The van der Waals surface area contributed by atoms with Gasteiger partial charge >= 0.3 is 0 Å². The fourth-order valence-corrected chi connectivity index (χ4v) is 3.89. The molecule has 1 heterocycles. The lowest BCUT2D eigenvalue weighted by Gasteiger charge is -2.40. The molecule has 0 unspecified atom stereocenters. The molecular formula is C17H23F2NO. The highest BCUT2D eigenvalue weighted by Gasteiger charge is 2.37. The summed E-state index contributed by atoms with van der Waals surface area (Å²) in [6, 6.07) is 4.11. The van der Waals surface area contributed by atoms with Gasteiger partial charge in [-0.1, -0.05) is 0 Å². The maximum Gasteiger partial charge on any atom is 0.128 e. The van der Waals surface area contributed by atoms with Crippen molar-refractivity contribution in [3.8, 4) is 0 Å². The van der Waals surface area contributed by atoms with Crippen molar-refractivity contribution >= 4 is 0 Å². The molecule has 1 aromatic carbocycles. The summed E-state index contributed by atoms with van der Waals surface area (Å²) < 4.78 is 27.5. The summed E-state index contributed by atoms with van der Waals surface area (Å²) in [6.07, 6.45) is 5.33. The zero-order chi connectivity index (χ0) is 15.0. The van der Waals surface area contributed by atoms with E-state index in [9.17, 15) is 13.9 Å². The van der Waals surface area contributed by atoms with Crippen molar-refractivity contribution in [2.24, 2.45) is 0 Å². The van der Waals surface area contributed by atoms with Crippen molar-refractivity contribution < 1.29 is 13.9 Å². The van der Waals surface area contributed by atoms with Crippen molar-refractivity contribution in [1.29, 1.82) is 0 Å². The molecular weight excluding hydrogens is 272 g/mol. The number of hydrogen-bond donors (Lipinski definition) is 1. The van der Waals surface area contributed by atoms with E-state index >= 15 is 0 Å². The van der Waals surface area contributed by atoms with Crippen LogP contribution in [0.5, 0.6) is 0 Å². The van der Waals surface area contributed by atoms with Gasteiger partial charge in [0.1, 0.15) is 11.6 Å². The van der Waals surface area contributed by atoms with E-state index in [1.54, 1.807) is 0 Å². The average molecular weight is 295 g/mol. The van der Waals surface area contributed by atoms with E-state index in [2.05, 4.69) is 4.90 Å². The standard InChI is InChI=1S/C17H23F2NO/c1-17(21)8-6-13(7-9-17)20-10-2-3-16(20)14-11-12(18)4-5-15(14)19/h4-5,11,13,16,21H,2-3,6-10H2,1H3/t13?,16-,17?/m1/s1.